The van der Waals surface area contributed by atoms with E-state index in [1.807, 2.05) is 0 Å². The molecule has 0 radical (unpaired) electrons. The number of hydrogen-bond acceptors (Lipinski definition) is 18. The molecule has 4 aromatic rings. The van der Waals surface area contributed by atoms with Gasteiger partial charge in [-0.1, -0.05) is 0 Å². The SMILES string of the molecule is COc1ccc(NC(=O)[C@@H](CCCNC(=N)N)NC(=O)c2cc(NC(=O)[C@@H](CCCNC(=N)N)NC(=O)c3cc(NC(=O)[C@@H](CCCNC(=N)N)NC(=O)c4cc(NC(=O)[C@@H](CCCNC(=N)N)NC(=O)CCCCNC(=N)N)ccc4OC)ccc3OC)ccc2OC)cc1C(N)=O. The minimum atomic E-state index is -1.35. The average molecular weight is 1380 g/mol. The number of methoxy groups -OCH3 is 4. The summed E-state index contributed by atoms with van der Waals surface area (Å²) in [6.45, 7) is 0.956. The van der Waals surface area contributed by atoms with E-state index >= 15 is 0 Å². The first-order chi connectivity index (χ1) is 47.2. The maximum Gasteiger partial charge on any atom is 0.255 e. The van der Waals surface area contributed by atoms with E-state index in [-0.39, 0.29) is 175 Å². The Hall–Kier alpha value is -12.3. The Bertz CT molecular complexity index is 3570. The zero-order chi connectivity index (χ0) is 73.1. The second kappa shape index (κ2) is 40.8. The molecule has 0 spiro atoms. The highest BCUT2D eigenvalue weighted by atomic mass is 16.5. The number of ether oxygens (including phenoxy) is 4. The monoisotopic (exact) mass is 1380 g/mol. The summed E-state index contributed by atoms with van der Waals surface area (Å²) in [4.78, 5) is 125. The zero-order valence-electron chi connectivity index (χ0n) is 55.3. The van der Waals surface area contributed by atoms with Crippen LogP contribution in [0.1, 0.15) is 112 Å². The summed E-state index contributed by atoms with van der Waals surface area (Å²) in [6.07, 6.45) is 1.91. The molecular weight excluding hydrogens is 1290 g/mol. The van der Waals surface area contributed by atoms with Gasteiger partial charge in [0.05, 0.1) is 50.7 Å². The predicted octanol–water partition coefficient (Wildman–Crippen LogP) is -0.839. The third kappa shape index (κ3) is 27.5. The van der Waals surface area contributed by atoms with Crippen LogP contribution in [0, 0.1) is 27.0 Å². The molecule has 0 bridgehead atoms. The molecular formula is C62H90N24O13. The number of carbonyl (C=O) groups is 9. The Kier molecular flexibility index (Phi) is 32.6. The van der Waals surface area contributed by atoms with Crippen molar-refractivity contribution in [1.82, 2.24) is 47.9 Å². The van der Waals surface area contributed by atoms with Crippen molar-refractivity contribution < 1.29 is 62.1 Å². The molecule has 37 nitrogen and oxygen atoms in total. The lowest BCUT2D eigenvalue weighted by molar-refractivity contribution is -0.126. The Morgan fingerprint density at radius 1 is 0.343 bits per heavy atom. The molecule has 0 aromatic heterocycles. The van der Waals surface area contributed by atoms with Gasteiger partial charge in [-0.3, -0.25) is 70.2 Å². The largest absolute Gasteiger partial charge is 0.496 e. The molecule has 9 amide bonds. The van der Waals surface area contributed by atoms with E-state index in [2.05, 4.69) is 69.1 Å². The molecule has 0 unspecified atom stereocenters. The minimum absolute atomic E-state index is 0.00313. The van der Waals surface area contributed by atoms with Gasteiger partial charge in [0.1, 0.15) is 47.2 Å². The first-order valence-corrected chi connectivity index (χ1v) is 31.0. The second-order valence-electron chi connectivity index (χ2n) is 21.9. The lowest BCUT2D eigenvalue weighted by Crippen LogP contribution is -2.45. The Morgan fingerprint density at radius 3 is 0.838 bits per heavy atom. The topological polar surface area (TPSA) is 622 Å². The number of guanidine groups is 5. The Balaban J connectivity index is 1.60. The van der Waals surface area contributed by atoms with Crippen LogP contribution in [0.2, 0.25) is 0 Å². The van der Waals surface area contributed by atoms with E-state index in [4.69, 9.17) is 80.4 Å². The van der Waals surface area contributed by atoms with E-state index < -0.39 is 77.3 Å². The standard InChI is InChI=1S/C62H90N24O13/c1-96-45-20-16-33(29-37(45)50(63)88)79-55(93)42(12-8-26-76-60(68)69)84-52(90)39-31-35(18-22-47(39)98-3)81-57(95)44(14-10-28-78-62(72)73)86-53(91)40-32-36(19-23-48(40)99-4)82-56(94)43(13-9-27-77-61(70)71)85-51(89)38-30-34(17-21-46(38)97-2)80-54(92)41(11-7-25-75-59(66)67)83-49(87)15-5-6-24-74-58(64)65/h16-23,29-32,41-44H,5-15,24-28H2,1-4H3,(H2,63,88)(H,79,93)(H,80,92)(H,81,95)(H,82,94)(H,83,87)(H,84,90)(H,85,89)(H,86,91)(H4,64,65,74)(H4,66,67,75)(H4,68,69,76)(H4,70,71,77)(H4,72,73,78)/t41-,42-,43-,44-/m1/s1. The molecule has 0 aliphatic heterocycles. The normalized spacial score (nSPS) is 11.7. The number of rotatable bonds is 41. The highest BCUT2D eigenvalue weighted by molar-refractivity contribution is 6.08. The summed E-state index contributed by atoms with van der Waals surface area (Å²) < 4.78 is 21.8. The van der Waals surface area contributed by atoms with Crippen molar-refractivity contribution in [1.29, 1.82) is 27.0 Å². The highest BCUT2D eigenvalue weighted by Crippen LogP contribution is 2.28. The van der Waals surface area contributed by atoms with E-state index in [0.29, 0.717) is 25.8 Å². The summed E-state index contributed by atoms with van der Waals surface area (Å²) in [6, 6.07) is 11.5. The van der Waals surface area contributed by atoms with E-state index in [1.165, 1.54) is 101 Å². The van der Waals surface area contributed by atoms with Crippen LogP contribution in [0.25, 0.3) is 0 Å². The molecule has 4 rings (SSSR count). The van der Waals surface area contributed by atoms with Gasteiger partial charge < -0.3 is 122 Å². The maximum atomic E-state index is 14.5. The van der Waals surface area contributed by atoms with Crippen molar-refractivity contribution in [2.45, 2.75) is 94.8 Å². The van der Waals surface area contributed by atoms with Crippen LogP contribution in [-0.2, 0) is 24.0 Å². The van der Waals surface area contributed by atoms with E-state index in [1.54, 1.807) is 0 Å². The van der Waals surface area contributed by atoms with Crippen LogP contribution in [0.3, 0.4) is 0 Å². The smallest absolute Gasteiger partial charge is 0.255 e. The summed E-state index contributed by atoms with van der Waals surface area (Å²) in [5, 5.41) is 72.5. The van der Waals surface area contributed by atoms with Crippen molar-refractivity contribution in [2.24, 2.45) is 34.4 Å². The summed E-state index contributed by atoms with van der Waals surface area (Å²) in [7, 11) is 5.22. The molecule has 4 atom stereocenters. The van der Waals surface area contributed by atoms with Gasteiger partial charge in [0.15, 0.2) is 29.8 Å². The summed E-state index contributed by atoms with van der Waals surface area (Å²) in [5.74, 6) is -7.96. The number of unbranched alkanes of at least 4 members (excludes halogenated alkanes) is 1. The van der Waals surface area contributed by atoms with Crippen molar-refractivity contribution in [3.05, 3.63) is 95.1 Å². The van der Waals surface area contributed by atoms with Gasteiger partial charge in [0, 0.05) is 61.9 Å². The Labute approximate surface area is 570 Å². The number of benzene rings is 4. The molecule has 0 heterocycles. The maximum absolute atomic E-state index is 14.5. The first-order valence-electron chi connectivity index (χ1n) is 31.0. The van der Waals surface area contributed by atoms with Crippen molar-refractivity contribution in [3.8, 4) is 23.0 Å². The average Bonchev–Trinajstić information content (AvgIpc) is 0.846. The van der Waals surface area contributed by atoms with Gasteiger partial charge in [0.25, 0.3) is 23.6 Å². The van der Waals surface area contributed by atoms with Crippen LogP contribution in [0.4, 0.5) is 22.7 Å². The van der Waals surface area contributed by atoms with Gasteiger partial charge in [-0.2, -0.15) is 0 Å². The van der Waals surface area contributed by atoms with Crippen molar-refractivity contribution in [3.63, 3.8) is 0 Å². The summed E-state index contributed by atoms with van der Waals surface area (Å²) in [5.41, 5.74) is 32.7. The molecule has 37 heteroatoms. The lowest BCUT2D eigenvalue weighted by atomic mass is 10.1. The molecule has 99 heavy (non-hydrogen) atoms. The van der Waals surface area contributed by atoms with Crippen LogP contribution in [-0.4, -0.2) is 168 Å². The van der Waals surface area contributed by atoms with Crippen LogP contribution >= 0.6 is 0 Å². The fourth-order valence-corrected chi connectivity index (χ4v) is 9.59. The second-order valence-corrected chi connectivity index (χ2v) is 21.9. The number of carbonyl (C=O) groups excluding carboxylic acids is 9. The number of anilines is 4. The minimum Gasteiger partial charge on any atom is -0.496 e. The molecule has 0 aliphatic rings. The molecule has 536 valence electrons. The van der Waals surface area contributed by atoms with Crippen LogP contribution < -0.4 is 122 Å². The highest BCUT2D eigenvalue weighted by Gasteiger charge is 2.30. The number of primary amides is 1. The predicted molar refractivity (Wildman–Crippen MR) is 371 cm³/mol. The number of nitrogens with one attached hydrogen (secondary N) is 18. The fraction of sp³-hybridized carbons (Fsp3) is 0.387. The summed E-state index contributed by atoms with van der Waals surface area (Å²) >= 11 is 0. The Morgan fingerprint density at radius 2 is 0.586 bits per heavy atom. The van der Waals surface area contributed by atoms with Gasteiger partial charge >= 0.3 is 0 Å². The molecule has 0 saturated heterocycles. The van der Waals surface area contributed by atoms with Gasteiger partial charge in [0.2, 0.25) is 29.5 Å². The molecule has 0 fully saturated rings. The third-order valence-corrected chi connectivity index (χ3v) is 14.5. The molecule has 30 N–H and O–H groups in total. The quantitative estimate of drug-likeness (QED) is 0.0146. The third-order valence-electron chi connectivity index (χ3n) is 14.5. The van der Waals surface area contributed by atoms with Crippen molar-refractivity contribution >= 4 is 106 Å². The lowest BCUT2D eigenvalue weighted by Gasteiger charge is -2.22. The molecule has 0 aliphatic carbocycles. The number of amides is 9. The van der Waals surface area contributed by atoms with Crippen LogP contribution in [0.5, 0.6) is 23.0 Å². The van der Waals surface area contributed by atoms with E-state index in [9.17, 15) is 43.2 Å². The molecule has 0 saturated carbocycles. The zero-order valence-corrected chi connectivity index (χ0v) is 55.3. The van der Waals surface area contributed by atoms with E-state index in [0.717, 1.165) is 0 Å². The first kappa shape index (κ1) is 79.1. The van der Waals surface area contributed by atoms with Gasteiger partial charge in [-0.25, -0.2) is 0 Å². The van der Waals surface area contributed by atoms with Crippen molar-refractivity contribution in [2.75, 3.05) is 82.4 Å². The van der Waals surface area contributed by atoms with Gasteiger partial charge in [-0.15, -0.1) is 0 Å². The fourth-order valence-electron chi connectivity index (χ4n) is 9.59. The van der Waals surface area contributed by atoms with Crippen LogP contribution in [0.15, 0.2) is 72.8 Å². The van der Waals surface area contributed by atoms with Gasteiger partial charge in [-0.05, 0) is 137 Å². The number of hydrogen-bond donors (Lipinski definition) is 24. The number of nitrogens with two attached hydrogens (primary N) is 6. The molecule has 4 aromatic carbocycles.